The molecule has 0 aliphatic rings. The monoisotopic (exact) mass is 202 g/mol. The second kappa shape index (κ2) is 5.17. The lowest BCUT2D eigenvalue weighted by atomic mass is 9.93. The maximum atomic E-state index is 11.1. The van der Waals surface area contributed by atoms with Crippen molar-refractivity contribution in [1.29, 1.82) is 0 Å². The Kier molecular flexibility index (Phi) is 4.91. The topological polar surface area (TPSA) is 55.1 Å². The van der Waals surface area contributed by atoms with Gasteiger partial charge in [-0.3, -0.25) is 4.79 Å². The molecular formula is C9H18N2OS. The van der Waals surface area contributed by atoms with Crippen LogP contribution in [0.5, 0.6) is 0 Å². The predicted molar refractivity (Wildman–Crippen MR) is 58.5 cm³/mol. The summed E-state index contributed by atoms with van der Waals surface area (Å²) in [6.45, 7) is 6.32. The summed E-state index contributed by atoms with van der Waals surface area (Å²) in [6, 6.07) is 0. The molecule has 3 nitrogen and oxygen atoms in total. The van der Waals surface area contributed by atoms with Crippen LogP contribution >= 0.6 is 12.2 Å². The van der Waals surface area contributed by atoms with E-state index in [0.717, 1.165) is 6.42 Å². The molecule has 0 atom stereocenters. The molecule has 0 fully saturated rings. The summed E-state index contributed by atoms with van der Waals surface area (Å²) in [5.74, 6) is 0.0619. The third-order valence-corrected chi connectivity index (χ3v) is 2.42. The fourth-order valence-corrected chi connectivity index (χ4v) is 0.794. The molecule has 1 amide bonds. The summed E-state index contributed by atoms with van der Waals surface area (Å²) in [5.41, 5.74) is 5.22. The van der Waals surface area contributed by atoms with Gasteiger partial charge in [-0.25, -0.2) is 0 Å². The number of amides is 1. The summed E-state index contributed by atoms with van der Waals surface area (Å²) >= 11 is 4.87. The van der Waals surface area contributed by atoms with Gasteiger partial charge in [0.15, 0.2) is 0 Å². The highest BCUT2D eigenvalue weighted by Crippen LogP contribution is 2.13. The van der Waals surface area contributed by atoms with Crippen molar-refractivity contribution in [2.75, 3.05) is 6.54 Å². The van der Waals surface area contributed by atoms with E-state index in [0.29, 0.717) is 18.0 Å². The van der Waals surface area contributed by atoms with E-state index < -0.39 is 0 Å². The number of hydrogen-bond donors (Lipinski definition) is 2. The van der Waals surface area contributed by atoms with Gasteiger partial charge in [-0.15, -0.1) is 0 Å². The van der Waals surface area contributed by atoms with Crippen LogP contribution < -0.4 is 11.1 Å². The van der Waals surface area contributed by atoms with Crippen LogP contribution in [0.15, 0.2) is 0 Å². The first-order chi connectivity index (χ1) is 5.90. The Bertz CT molecular complexity index is 202. The van der Waals surface area contributed by atoms with E-state index in [1.54, 1.807) is 0 Å². The van der Waals surface area contributed by atoms with Gasteiger partial charge in [-0.2, -0.15) is 0 Å². The van der Waals surface area contributed by atoms with Crippen molar-refractivity contribution in [3.8, 4) is 0 Å². The first-order valence-electron chi connectivity index (χ1n) is 4.46. The third kappa shape index (κ3) is 4.83. The highest BCUT2D eigenvalue weighted by molar-refractivity contribution is 7.80. The molecule has 13 heavy (non-hydrogen) atoms. The van der Waals surface area contributed by atoms with Crippen LogP contribution in [0, 0.1) is 5.41 Å². The van der Waals surface area contributed by atoms with Crippen molar-refractivity contribution >= 4 is 23.1 Å². The van der Waals surface area contributed by atoms with Crippen LogP contribution in [0.4, 0.5) is 0 Å². The van der Waals surface area contributed by atoms with E-state index in [4.69, 9.17) is 18.0 Å². The van der Waals surface area contributed by atoms with Crippen molar-refractivity contribution in [3.05, 3.63) is 0 Å². The molecule has 3 N–H and O–H groups in total. The van der Waals surface area contributed by atoms with Gasteiger partial charge < -0.3 is 11.1 Å². The summed E-state index contributed by atoms with van der Waals surface area (Å²) in [6.07, 6.45) is 1.42. The fourth-order valence-electron chi connectivity index (χ4n) is 0.722. The lowest BCUT2D eigenvalue weighted by Crippen LogP contribution is -2.41. The van der Waals surface area contributed by atoms with Gasteiger partial charge >= 0.3 is 0 Å². The highest BCUT2D eigenvalue weighted by Gasteiger charge is 2.21. The van der Waals surface area contributed by atoms with Gasteiger partial charge in [0.25, 0.3) is 0 Å². The first-order valence-corrected chi connectivity index (χ1v) is 4.87. The normalized spacial score (nSPS) is 11.0. The lowest BCUT2D eigenvalue weighted by molar-refractivity contribution is -0.121. The molecule has 0 aromatic carbocycles. The molecule has 0 aromatic heterocycles. The van der Waals surface area contributed by atoms with Crippen LogP contribution in [0.2, 0.25) is 0 Å². The summed E-state index contributed by atoms with van der Waals surface area (Å²) in [4.78, 5) is 11.6. The number of rotatable bonds is 5. The van der Waals surface area contributed by atoms with E-state index >= 15 is 0 Å². The molecule has 0 spiro atoms. The predicted octanol–water partition coefficient (Wildman–Crippen LogP) is 1.22. The molecule has 0 rings (SSSR count). The number of carbonyl (C=O) groups is 1. The van der Waals surface area contributed by atoms with Gasteiger partial charge in [0.05, 0.1) is 4.99 Å². The number of thiocarbonyl (C=S) groups is 1. The van der Waals surface area contributed by atoms with Crippen molar-refractivity contribution < 1.29 is 4.79 Å². The Labute approximate surface area is 85.1 Å². The standard InChI is InChI=1S/C9H18N2OS/c1-4-5-7(12)11-6-9(2,3)8(10)13/h4-6H2,1-3H3,(H2,10,13)(H,11,12). The van der Waals surface area contributed by atoms with E-state index in [1.165, 1.54) is 0 Å². The largest absolute Gasteiger partial charge is 0.393 e. The molecule has 76 valence electrons. The van der Waals surface area contributed by atoms with Crippen molar-refractivity contribution in [2.24, 2.45) is 11.1 Å². The van der Waals surface area contributed by atoms with E-state index in [9.17, 15) is 4.79 Å². The van der Waals surface area contributed by atoms with Gasteiger partial charge in [0.1, 0.15) is 0 Å². The Balaban J connectivity index is 3.88. The maximum Gasteiger partial charge on any atom is 0.220 e. The molecule has 0 saturated carbocycles. The van der Waals surface area contributed by atoms with E-state index in [-0.39, 0.29) is 11.3 Å². The minimum absolute atomic E-state index is 0.0619. The SMILES string of the molecule is CCCC(=O)NCC(C)(C)C(N)=S. The van der Waals surface area contributed by atoms with Crippen LogP contribution in [0.25, 0.3) is 0 Å². The fraction of sp³-hybridized carbons (Fsp3) is 0.778. The third-order valence-electron chi connectivity index (χ3n) is 1.87. The van der Waals surface area contributed by atoms with E-state index in [2.05, 4.69) is 5.32 Å². The first kappa shape index (κ1) is 12.4. The zero-order valence-corrected chi connectivity index (χ0v) is 9.33. The van der Waals surface area contributed by atoms with E-state index in [1.807, 2.05) is 20.8 Å². The van der Waals surface area contributed by atoms with Gasteiger partial charge in [0.2, 0.25) is 5.91 Å². The van der Waals surface area contributed by atoms with Crippen LogP contribution in [0.1, 0.15) is 33.6 Å². The summed E-state index contributed by atoms with van der Waals surface area (Å²) < 4.78 is 0. The van der Waals surface area contributed by atoms with Crippen molar-refractivity contribution in [1.82, 2.24) is 5.32 Å². The molecule has 0 unspecified atom stereocenters. The molecular weight excluding hydrogens is 184 g/mol. The molecule has 4 heteroatoms. The van der Waals surface area contributed by atoms with Crippen LogP contribution in [0.3, 0.4) is 0 Å². The number of nitrogens with two attached hydrogens (primary N) is 1. The summed E-state index contributed by atoms with van der Waals surface area (Å²) in [5, 5.41) is 2.80. The molecule has 0 bridgehead atoms. The van der Waals surface area contributed by atoms with Crippen LogP contribution in [-0.2, 0) is 4.79 Å². The zero-order valence-electron chi connectivity index (χ0n) is 8.52. The van der Waals surface area contributed by atoms with Crippen molar-refractivity contribution in [3.63, 3.8) is 0 Å². The Morgan fingerprint density at radius 2 is 2.08 bits per heavy atom. The number of hydrogen-bond acceptors (Lipinski definition) is 2. The Hall–Kier alpha value is -0.640. The minimum Gasteiger partial charge on any atom is -0.393 e. The molecule has 0 radical (unpaired) electrons. The maximum absolute atomic E-state index is 11.1. The lowest BCUT2D eigenvalue weighted by Gasteiger charge is -2.23. The average molecular weight is 202 g/mol. The minimum atomic E-state index is -0.293. The molecule has 0 aliphatic carbocycles. The van der Waals surface area contributed by atoms with Gasteiger partial charge in [-0.05, 0) is 6.42 Å². The summed E-state index contributed by atoms with van der Waals surface area (Å²) in [7, 11) is 0. The molecule has 0 aliphatic heterocycles. The highest BCUT2D eigenvalue weighted by atomic mass is 32.1. The molecule has 0 heterocycles. The Morgan fingerprint density at radius 3 is 2.46 bits per heavy atom. The van der Waals surface area contributed by atoms with Crippen molar-refractivity contribution in [2.45, 2.75) is 33.6 Å². The number of nitrogens with one attached hydrogen (secondary N) is 1. The second-order valence-electron chi connectivity index (χ2n) is 3.77. The Morgan fingerprint density at radius 1 is 1.54 bits per heavy atom. The molecule has 0 saturated heterocycles. The molecule has 0 aromatic rings. The number of carbonyl (C=O) groups excluding carboxylic acids is 1. The quantitative estimate of drug-likeness (QED) is 0.659. The van der Waals surface area contributed by atoms with Gasteiger partial charge in [0, 0.05) is 18.4 Å². The smallest absolute Gasteiger partial charge is 0.220 e. The average Bonchev–Trinajstić information content (AvgIpc) is 2.01. The second-order valence-corrected chi connectivity index (χ2v) is 4.21. The zero-order chi connectivity index (χ0) is 10.5. The van der Waals surface area contributed by atoms with Gasteiger partial charge in [-0.1, -0.05) is 33.0 Å². The van der Waals surface area contributed by atoms with Crippen LogP contribution in [-0.4, -0.2) is 17.4 Å².